The fourth-order valence-electron chi connectivity index (χ4n) is 3.42. The molecule has 26 heavy (non-hydrogen) atoms. The predicted molar refractivity (Wildman–Crippen MR) is 113 cm³/mol. The highest BCUT2D eigenvalue weighted by atomic mass is 16.1. The van der Waals surface area contributed by atoms with Crippen LogP contribution in [0, 0.1) is 11.8 Å². The number of hydrogen-bond donors (Lipinski definition) is 0. The third kappa shape index (κ3) is 8.47. The third-order valence-corrected chi connectivity index (χ3v) is 4.97. The molecule has 0 amide bonds. The quantitative estimate of drug-likeness (QED) is 0.487. The third-order valence-electron chi connectivity index (χ3n) is 4.97. The highest BCUT2D eigenvalue weighted by Crippen LogP contribution is 2.22. The zero-order chi connectivity index (χ0) is 18.3. The Balaban J connectivity index is 2.06. The zero-order valence-corrected chi connectivity index (χ0v) is 16.1. The molecule has 0 aromatic heterocycles. The Kier molecular flexibility index (Phi) is 10.5. The Bertz CT molecular complexity index is 521. The van der Waals surface area contributed by atoms with Gasteiger partial charge < -0.3 is 0 Å². The second-order valence-electron chi connectivity index (χ2n) is 7.14. The minimum absolute atomic E-state index is 0.0366. The smallest absolute Gasteiger partial charge is 0.146 e. The van der Waals surface area contributed by atoms with Crippen LogP contribution in [0.2, 0.25) is 0 Å². The van der Waals surface area contributed by atoms with Crippen molar-refractivity contribution < 1.29 is 4.79 Å². The van der Waals surface area contributed by atoms with Crippen LogP contribution >= 0.6 is 0 Å². The first-order chi connectivity index (χ1) is 12.9. The Hall–Kier alpha value is -1.89. The molecule has 0 N–H and O–H groups in total. The molecule has 2 rings (SSSR count). The minimum atomic E-state index is 0.0366. The first-order valence-electron chi connectivity index (χ1n) is 10.3. The molecule has 0 spiro atoms. The van der Waals surface area contributed by atoms with E-state index >= 15 is 0 Å². The van der Waals surface area contributed by atoms with Gasteiger partial charge in [0.25, 0.3) is 0 Å². The number of carbonyl (C=O) groups excluding carboxylic acids is 1. The number of allylic oxidation sites excluding steroid dienone is 12. The van der Waals surface area contributed by atoms with Crippen LogP contribution < -0.4 is 0 Å². The monoisotopic (exact) mass is 350 g/mol. The van der Waals surface area contributed by atoms with E-state index in [0.717, 1.165) is 64.2 Å². The number of ketones is 1. The molecule has 0 radical (unpaired) electrons. The van der Waals surface area contributed by atoms with Crippen molar-refractivity contribution in [2.45, 2.75) is 64.2 Å². The molecule has 2 atom stereocenters. The van der Waals surface area contributed by atoms with E-state index in [1.165, 1.54) is 0 Å². The van der Waals surface area contributed by atoms with E-state index in [4.69, 9.17) is 0 Å². The van der Waals surface area contributed by atoms with Crippen molar-refractivity contribution >= 4 is 5.78 Å². The summed E-state index contributed by atoms with van der Waals surface area (Å²) < 4.78 is 0. The van der Waals surface area contributed by atoms with E-state index in [9.17, 15) is 4.79 Å². The maximum absolute atomic E-state index is 13.2. The fourth-order valence-corrected chi connectivity index (χ4v) is 3.42. The second-order valence-corrected chi connectivity index (χ2v) is 7.14. The van der Waals surface area contributed by atoms with Gasteiger partial charge in [-0.15, -0.1) is 0 Å². The highest BCUT2D eigenvalue weighted by molar-refractivity contribution is 5.86. The Labute approximate surface area is 160 Å². The van der Waals surface area contributed by atoms with Crippen LogP contribution in [0.5, 0.6) is 0 Å². The summed E-state index contributed by atoms with van der Waals surface area (Å²) in [6.45, 7) is 0. The van der Waals surface area contributed by atoms with E-state index in [1.54, 1.807) is 0 Å². The molecule has 0 aromatic carbocycles. The predicted octanol–water partition coefficient (Wildman–Crippen LogP) is 7.05. The average molecular weight is 351 g/mol. The second kappa shape index (κ2) is 13.3. The topological polar surface area (TPSA) is 17.1 Å². The molecular weight excluding hydrogens is 316 g/mol. The zero-order valence-electron chi connectivity index (χ0n) is 16.1. The van der Waals surface area contributed by atoms with Crippen LogP contribution in [0.1, 0.15) is 64.2 Å². The number of carbonyl (C=O) groups is 1. The van der Waals surface area contributed by atoms with Crippen LogP contribution in [-0.4, -0.2) is 5.78 Å². The van der Waals surface area contributed by atoms with Crippen LogP contribution in [0.15, 0.2) is 72.9 Å². The van der Waals surface area contributed by atoms with Gasteiger partial charge in [0.15, 0.2) is 0 Å². The lowest BCUT2D eigenvalue weighted by atomic mass is 9.85. The van der Waals surface area contributed by atoms with Gasteiger partial charge in [0.2, 0.25) is 0 Å². The maximum Gasteiger partial charge on any atom is 0.146 e. The molecule has 0 saturated carbocycles. The minimum Gasteiger partial charge on any atom is -0.298 e. The van der Waals surface area contributed by atoms with Gasteiger partial charge in [0.1, 0.15) is 5.78 Å². The summed E-state index contributed by atoms with van der Waals surface area (Å²) in [6, 6.07) is 0. The lowest BCUT2D eigenvalue weighted by molar-refractivity contribution is -0.124. The summed E-state index contributed by atoms with van der Waals surface area (Å²) in [5.41, 5.74) is 0. The first kappa shape index (κ1) is 20.4. The van der Waals surface area contributed by atoms with Gasteiger partial charge in [-0.3, -0.25) is 4.79 Å². The molecule has 2 aliphatic rings. The Morgan fingerprint density at radius 3 is 1.35 bits per heavy atom. The summed E-state index contributed by atoms with van der Waals surface area (Å²) >= 11 is 0. The van der Waals surface area contributed by atoms with Crippen LogP contribution in [0.25, 0.3) is 0 Å². The van der Waals surface area contributed by atoms with Crippen LogP contribution in [0.4, 0.5) is 0 Å². The van der Waals surface area contributed by atoms with Gasteiger partial charge in [0, 0.05) is 11.8 Å². The molecule has 0 saturated heterocycles. The molecule has 1 heteroatoms. The summed E-state index contributed by atoms with van der Waals surface area (Å²) in [4.78, 5) is 13.2. The summed E-state index contributed by atoms with van der Waals surface area (Å²) in [7, 11) is 0. The largest absolute Gasteiger partial charge is 0.298 e. The molecule has 0 heterocycles. The Morgan fingerprint density at radius 1 is 0.500 bits per heavy atom. The van der Waals surface area contributed by atoms with E-state index in [0.29, 0.717) is 5.78 Å². The highest BCUT2D eigenvalue weighted by Gasteiger charge is 2.22. The summed E-state index contributed by atoms with van der Waals surface area (Å²) in [6.07, 6.45) is 36.7. The molecule has 0 aromatic rings. The molecule has 2 unspecified atom stereocenters. The molecule has 1 nitrogen and oxygen atoms in total. The molecule has 0 bridgehead atoms. The summed E-state index contributed by atoms with van der Waals surface area (Å²) in [5, 5.41) is 0. The summed E-state index contributed by atoms with van der Waals surface area (Å²) in [5.74, 6) is 0.463. The lowest BCUT2D eigenvalue weighted by Crippen LogP contribution is -2.21. The average Bonchev–Trinajstić information content (AvgIpc) is 2.62. The van der Waals surface area contributed by atoms with Crippen molar-refractivity contribution in [3.63, 3.8) is 0 Å². The van der Waals surface area contributed by atoms with Gasteiger partial charge in [-0.1, -0.05) is 72.9 Å². The van der Waals surface area contributed by atoms with Crippen molar-refractivity contribution in [1.29, 1.82) is 0 Å². The van der Waals surface area contributed by atoms with E-state index in [2.05, 4.69) is 72.9 Å². The molecular formula is C25H34O. The van der Waals surface area contributed by atoms with Crippen LogP contribution in [-0.2, 0) is 4.79 Å². The lowest BCUT2D eigenvalue weighted by Gasteiger charge is -2.17. The van der Waals surface area contributed by atoms with Crippen LogP contribution in [0.3, 0.4) is 0 Å². The Morgan fingerprint density at radius 2 is 0.885 bits per heavy atom. The number of hydrogen-bond acceptors (Lipinski definition) is 1. The first-order valence-corrected chi connectivity index (χ1v) is 10.3. The molecule has 0 fully saturated rings. The standard InChI is InChI=1S/C25H34O/c26-25(23-19-15-11-7-3-1-4-8-12-16-20-23)24-21-17-13-9-5-2-6-10-14-18-22-24/h3,5,7-10,12,14-15,17,19,21,23-24H,1-2,4,6,11,13,16,18,20,22H2/b7-3-,9-5-,12-8-,14-10-,19-15-,21-17-. The van der Waals surface area contributed by atoms with Gasteiger partial charge in [-0.25, -0.2) is 0 Å². The van der Waals surface area contributed by atoms with Crippen molar-refractivity contribution in [2.75, 3.05) is 0 Å². The number of rotatable bonds is 2. The van der Waals surface area contributed by atoms with Crippen molar-refractivity contribution in [3.05, 3.63) is 72.9 Å². The van der Waals surface area contributed by atoms with E-state index in [-0.39, 0.29) is 11.8 Å². The molecule has 2 aliphatic carbocycles. The van der Waals surface area contributed by atoms with Crippen molar-refractivity contribution in [3.8, 4) is 0 Å². The van der Waals surface area contributed by atoms with Crippen molar-refractivity contribution in [1.82, 2.24) is 0 Å². The van der Waals surface area contributed by atoms with Gasteiger partial charge in [-0.05, 0) is 64.2 Å². The van der Waals surface area contributed by atoms with Gasteiger partial charge in [-0.2, -0.15) is 0 Å². The van der Waals surface area contributed by atoms with Gasteiger partial charge in [0.05, 0.1) is 0 Å². The maximum atomic E-state index is 13.2. The fraction of sp³-hybridized carbons (Fsp3) is 0.480. The van der Waals surface area contributed by atoms with Gasteiger partial charge >= 0.3 is 0 Å². The number of Topliss-reactive ketones (excluding diaryl/α,β-unsaturated/α-hetero) is 1. The normalized spacial score (nSPS) is 33.1. The van der Waals surface area contributed by atoms with E-state index in [1.807, 2.05) is 0 Å². The molecule has 140 valence electrons. The van der Waals surface area contributed by atoms with E-state index < -0.39 is 0 Å². The SMILES string of the molecule is O=C(C1/C=C\C/C=C\CC/C=C\CC1)C1/C=C\C/C=C\CC/C=C\CC1. The van der Waals surface area contributed by atoms with Crippen molar-refractivity contribution in [2.24, 2.45) is 11.8 Å². The molecule has 0 aliphatic heterocycles.